The maximum atomic E-state index is 11.0. The predicted molar refractivity (Wildman–Crippen MR) is 52.4 cm³/mol. The Morgan fingerprint density at radius 2 is 2.13 bits per heavy atom. The normalized spacial score (nSPS) is 21.3. The Hall–Kier alpha value is -1.72. The first-order chi connectivity index (χ1) is 7.29. The van der Waals surface area contributed by atoms with E-state index in [2.05, 4.69) is 15.0 Å². The summed E-state index contributed by atoms with van der Waals surface area (Å²) in [6.07, 6.45) is 5.35. The van der Waals surface area contributed by atoms with E-state index in [0.29, 0.717) is 18.9 Å². The van der Waals surface area contributed by atoms with Crippen LogP contribution >= 0.6 is 0 Å². The van der Waals surface area contributed by atoms with Gasteiger partial charge < -0.3 is 10.0 Å². The zero-order valence-electron chi connectivity index (χ0n) is 8.20. The zero-order valence-corrected chi connectivity index (χ0v) is 8.20. The fraction of sp³-hybridized carbons (Fsp3) is 0.556. The molecule has 6 nitrogen and oxygen atoms in total. The Bertz CT molecular complexity index is 343. The van der Waals surface area contributed by atoms with Crippen LogP contribution in [0.1, 0.15) is 19.3 Å². The number of rotatable bonds is 2. The molecule has 15 heavy (non-hydrogen) atoms. The van der Waals surface area contributed by atoms with Crippen molar-refractivity contribution in [3.05, 3.63) is 12.7 Å². The molecule has 0 radical (unpaired) electrons. The number of anilines is 1. The monoisotopic (exact) mass is 208 g/mol. The van der Waals surface area contributed by atoms with Crippen LogP contribution < -0.4 is 4.90 Å². The van der Waals surface area contributed by atoms with Gasteiger partial charge >= 0.3 is 5.97 Å². The zero-order chi connectivity index (χ0) is 10.7. The maximum Gasteiger partial charge on any atom is 0.326 e. The molecule has 0 amide bonds. The first-order valence-corrected chi connectivity index (χ1v) is 4.90. The third kappa shape index (κ3) is 2.03. The van der Waals surface area contributed by atoms with E-state index in [1.54, 1.807) is 4.90 Å². The number of carboxylic acid groups (broad SMARTS) is 1. The summed E-state index contributed by atoms with van der Waals surface area (Å²) in [6, 6.07) is -0.499. The van der Waals surface area contributed by atoms with Crippen molar-refractivity contribution in [2.75, 3.05) is 11.4 Å². The molecule has 6 heteroatoms. The second-order valence-electron chi connectivity index (χ2n) is 3.48. The lowest BCUT2D eigenvalue weighted by Crippen LogP contribution is -2.45. The van der Waals surface area contributed by atoms with Gasteiger partial charge in [0.25, 0.3) is 0 Å². The van der Waals surface area contributed by atoms with E-state index in [-0.39, 0.29) is 0 Å². The summed E-state index contributed by atoms with van der Waals surface area (Å²) in [7, 11) is 0. The molecule has 1 saturated heterocycles. The van der Waals surface area contributed by atoms with Crippen LogP contribution in [0.3, 0.4) is 0 Å². The highest BCUT2D eigenvalue weighted by Crippen LogP contribution is 2.20. The summed E-state index contributed by atoms with van der Waals surface area (Å²) in [4.78, 5) is 24.4. The number of carboxylic acids is 1. The summed E-state index contributed by atoms with van der Waals surface area (Å²) < 4.78 is 0. The molecule has 1 fully saturated rings. The second kappa shape index (κ2) is 4.20. The summed E-state index contributed by atoms with van der Waals surface area (Å²) in [6.45, 7) is 0.695. The van der Waals surface area contributed by atoms with Crippen LogP contribution in [0.5, 0.6) is 0 Å². The highest BCUT2D eigenvalue weighted by Gasteiger charge is 2.29. The molecule has 2 rings (SSSR count). The summed E-state index contributed by atoms with van der Waals surface area (Å²) in [5.74, 6) is -0.354. The Morgan fingerprint density at radius 1 is 1.40 bits per heavy atom. The van der Waals surface area contributed by atoms with Gasteiger partial charge in [0.1, 0.15) is 18.7 Å². The van der Waals surface area contributed by atoms with Crippen molar-refractivity contribution in [3.63, 3.8) is 0 Å². The van der Waals surface area contributed by atoms with Crippen molar-refractivity contribution in [3.8, 4) is 0 Å². The molecule has 1 atom stereocenters. The minimum absolute atomic E-state index is 0.456. The third-order valence-electron chi connectivity index (χ3n) is 2.52. The molecule has 0 aromatic carbocycles. The van der Waals surface area contributed by atoms with Crippen molar-refractivity contribution in [2.45, 2.75) is 25.3 Å². The molecule has 2 heterocycles. The number of aromatic nitrogens is 3. The van der Waals surface area contributed by atoms with Gasteiger partial charge in [-0.25, -0.2) is 19.7 Å². The number of nitrogens with zero attached hydrogens (tertiary/aromatic N) is 4. The average Bonchev–Trinajstić information content (AvgIpc) is 2.30. The number of hydrogen-bond donors (Lipinski definition) is 1. The lowest BCUT2D eigenvalue weighted by molar-refractivity contribution is -0.139. The second-order valence-corrected chi connectivity index (χ2v) is 3.48. The number of piperidine rings is 1. The van der Waals surface area contributed by atoms with Crippen LogP contribution in [0.25, 0.3) is 0 Å². The molecule has 0 spiro atoms. The topological polar surface area (TPSA) is 79.2 Å². The molecule has 0 bridgehead atoms. The van der Waals surface area contributed by atoms with Gasteiger partial charge in [-0.2, -0.15) is 0 Å². The predicted octanol–water partition coefficient (Wildman–Crippen LogP) is 0.315. The lowest BCUT2D eigenvalue weighted by Gasteiger charge is -2.32. The van der Waals surface area contributed by atoms with Crippen LogP contribution in [0.2, 0.25) is 0 Å². The third-order valence-corrected chi connectivity index (χ3v) is 2.52. The van der Waals surface area contributed by atoms with Crippen molar-refractivity contribution < 1.29 is 9.90 Å². The number of hydrogen-bond acceptors (Lipinski definition) is 5. The summed E-state index contributed by atoms with van der Waals surface area (Å²) in [5.41, 5.74) is 0. The average molecular weight is 208 g/mol. The number of carbonyl (C=O) groups is 1. The van der Waals surface area contributed by atoms with Gasteiger partial charge in [-0.05, 0) is 19.3 Å². The molecule has 1 aromatic heterocycles. The van der Waals surface area contributed by atoms with Crippen LogP contribution in [0.4, 0.5) is 5.95 Å². The van der Waals surface area contributed by atoms with Crippen molar-refractivity contribution in [1.82, 2.24) is 15.0 Å². The van der Waals surface area contributed by atoms with Gasteiger partial charge in [0.15, 0.2) is 0 Å². The molecule has 0 saturated carbocycles. The van der Waals surface area contributed by atoms with E-state index >= 15 is 0 Å². The Labute approximate surface area is 87.0 Å². The fourth-order valence-electron chi connectivity index (χ4n) is 1.81. The van der Waals surface area contributed by atoms with Gasteiger partial charge in [-0.15, -0.1) is 0 Å². The smallest absolute Gasteiger partial charge is 0.326 e. The summed E-state index contributed by atoms with van der Waals surface area (Å²) >= 11 is 0. The molecule has 1 aromatic rings. The van der Waals surface area contributed by atoms with E-state index in [1.807, 2.05) is 0 Å². The van der Waals surface area contributed by atoms with Gasteiger partial charge in [0.05, 0.1) is 0 Å². The van der Waals surface area contributed by atoms with Gasteiger partial charge in [0.2, 0.25) is 5.95 Å². The van der Waals surface area contributed by atoms with Crippen molar-refractivity contribution in [2.24, 2.45) is 0 Å². The molecule has 1 unspecified atom stereocenters. The fourth-order valence-corrected chi connectivity index (χ4v) is 1.81. The lowest BCUT2D eigenvalue weighted by atomic mass is 10.0. The largest absolute Gasteiger partial charge is 0.480 e. The quantitative estimate of drug-likeness (QED) is 0.753. The molecule has 80 valence electrons. The van der Waals surface area contributed by atoms with E-state index in [1.165, 1.54) is 12.7 Å². The van der Waals surface area contributed by atoms with Crippen LogP contribution in [0, 0.1) is 0 Å². The minimum Gasteiger partial charge on any atom is -0.480 e. The SMILES string of the molecule is O=C(O)C1CCCCN1c1ncncn1. The van der Waals surface area contributed by atoms with E-state index in [4.69, 9.17) is 5.11 Å². The Morgan fingerprint density at radius 3 is 2.80 bits per heavy atom. The highest BCUT2D eigenvalue weighted by molar-refractivity contribution is 5.77. The van der Waals surface area contributed by atoms with E-state index in [9.17, 15) is 4.79 Å². The maximum absolute atomic E-state index is 11.0. The van der Waals surface area contributed by atoms with Gasteiger partial charge in [-0.1, -0.05) is 0 Å². The molecular formula is C9H12N4O2. The minimum atomic E-state index is -0.810. The Balaban J connectivity index is 2.22. The van der Waals surface area contributed by atoms with Crippen molar-refractivity contribution in [1.29, 1.82) is 0 Å². The molecular weight excluding hydrogens is 196 g/mol. The summed E-state index contributed by atoms with van der Waals surface area (Å²) in [5, 5.41) is 9.06. The molecule has 1 aliphatic heterocycles. The van der Waals surface area contributed by atoms with Gasteiger partial charge in [0, 0.05) is 6.54 Å². The van der Waals surface area contributed by atoms with Gasteiger partial charge in [-0.3, -0.25) is 0 Å². The molecule has 1 N–H and O–H groups in total. The number of aliphatic carboxylic acids is 1. The van der Waals surface area contributed by atoms with Crippen LogP contribution in [-0.2, 0) is 4.79 Å². The highest BCUT2D eigenvalue weighted by atomic mass is 16.4. The van der Waals surface area contributed by atoms with E-state index in [0.717, 1.165) is 12.8 Å². The first-order valence-electron chi connectivity index (χ1n) is 4.90. The standard InChI is InChI=1S/C9H12N4O2/c14-8(15)7-3-1-2-4-13(7)9-11-5-10-6-12-9/h5-7H,1-4H2,(H,14,15). The van der Waals surface area contributed by atoms with E-state index < -0.39 is 12.0 Å². The van der Waals surface area contributed by atoms with Crippen molar-refractivity contribution >= 4 is 11.9 Å². The Kier molecular flexibility index (Phi) is 2.75. The van der Waals surface area contributed by atoms with Crippen LogP contribution in [-0.4, -0.2) is 38.6 Å². The van der Waals surface area contributed by atoms with Crippen LogP contribution in [0.15, 0.2) is 12.7 Å². The molecule has 1 aliphatic rings. The first kappa shape index (κ1) is 9.82. The molecule has 0 aliphatic carbocycles.